The number of rotatable bonds is 10. The van der Waals surface area contributed by atoms with Crippen molar-refractivity contribution in [3.05, 3.63) is 24.3 Å². The minimum absolute atomic E-state index is 0.691. The van der Waals surface area contributed by atoms with Gasteiger partial charge in [0, 0.05) is 0 Å². The molecule has 0 amide bonds. The Balaban J connectivity index is 0.963. The van der Waals surface area contributed by atoms with Crippen molar-refractivity contribution in [2.24, 2.45) is 35.5 Å². The summed E-state index contributed by atoms with van der Waals surface area (Å²) in [5.41, 5.74) is 0. The van der Waals surface area contributed by atoms with E-state index in [9.17, 15) is 0 Å². The lowest BCUT2D eigenvalue weighted by Crippen LogP contribution is -2.18. The third-order valence-corrected chi connectivity index (χ3v) is 6.24. The fourth-order valence-corrected chi connectivity index (χ4v) is 4.98. The normalized spacial score (nSPS) is 39.8. The maximum atomic E-state index is 5.78. The van der Waals surface area contributed by atoms with E-state index < -0.39 is 0 Å². The summed E-state index contributed by atoms with van der Waals surface area (Å²) in [5.74, 6) is 4.76. The molecular formula is C20H30O3. The van der Waals surface area contributed by atoms with Crippen molar-refractivity contribution in [2.75, 3.05) is 39.6 Å². The Morgan fingerprint density at radius 1 is 0.565 bits per heavy atom. The molecule has 0 saturated heterocycles. The van der Waals surface area contributed by atoms with Gasteiger partial charge in [-0.1, -0.05) is 24.3 Å². The van der Waals surface area contributed by atoms with E-state index in [1.807, 2.05) is 0 Å². The van der Waals surface area contributed by atoms with Crippen LogP contribution in [0.2, 0.25) is 0 Å². The Morgan fingerprint density at radius 3 is 1.43 bits per heavy atom. The average molecular weight is 318 g/mol. The first-order chi connectivity index (χ1) is 11.4. The summed E-state index contributed by atoms with van der Waals surface area (Å²) >= 11 is 0. The molecule has 4 bridgehead atoms. The Kier molecular flexibility index (Phi) is 5.17. The van der Waals surface area contributed by atoms with Crippen molar-refractivity contribution in [2.45, 2.75) is 25.7 Å². The van der Waals surface area contributed by atoms with Crippen LogP contribution in [0.5, 0.6) is 0 Å². The Morgan fingerprint density at radius 2 is 1.04 bits per heavy atom. The van der Waals surface area contributed by atoms with Crippen molar-refractivity contribution in [3.8, 4) is 0 Å². The van der Waals surface area contributed by atoms with Crippen LogP contribution in [-0.2, 0) is 14.2 Å². The standard InChI is InChI=1S/C20H30O3/c1-3-17-9-15(1)11-19(17)13-22-7-5-21-6-8-23-14-20-12-16-2-4-18(20)10-16/h1-4,15-20H,5-14H2. The van der Waals surface area contributed by atoms with Crippen LogP contribution in [0.15, 0.2) is 24.3 Å². The van der Waals surface area contributed by atoms with Gasteiger partial charge in [-0.25, -0.2) is 0 Å². The highest BCUT2D eigenvalue weighted by atomic mass is 16.5. The second-order valence-corrected chi connectivity index (χ2v) is 7.84. The van der Waals surface area contributed by atoms with Gasteiger partial charge in [-0.2, -0.15) is 0 Å². The quantitative estimate of drug-likeness (QED) is 0.456. The van der Waals surface area contributed by atoms with Crippen LogP contribution >= 0.6 is 0 Å². The highest BCUT2D eigenvalue weighted by molar-refractivity contribution is 5.10. The van der Waals surface area contributed by atoms with E-state index in [1.165, 1.54) is 25.7 Å². The van der Waals surface area contributed by atoms with Gasteiger partial charge in [0.15, 0.2) is 0 Å². The smallest absolute Gasteiger partial charge is 0.0701 e. The fourth-order valence-electron chi connectivity index (χ4n) is 4.98. The zero-order valence-electron chi connectivity index (χ0n) is 14.1. The first-order valence-electron chi connectivity index (χ1n) is 9.48. The van der Waals surface area contributed by atoms with Gasteiger partial charge in [-0.3, -0.25) is 0 Å². The van der Waals surface area contributed by atoms with Crippen LogP contribution < -0.4 is 0 Å². The molecule has 2 fully saturated rings. The maximum Gasteiger partial charge on any atom is 0.0701 e. The van der Waals surface area contributed by atoms with Gasteiger partial charge in [-0.05, 0) is 61.2 Å². The first-order valence-corrected chi connectivity index (χ1v) is 9.48. The van der Waals surface area contributed by atoms with Gasteiger partial charge in [0.1, 0.15) is 0 Å². The molecule has 0 aromatic heterocycles. The minimum atomic E-state index is 0.691. The van der Waals surface area contributed by atoms with Crippen LogP contribution in [0.1, 0.15) is 25.7 Å². The predicted molar refractivity (Wildman–Crippen MR) is 90.1 cm³/mol. The molecule has 128 valence electrons. The fraction of sp³-hybridized carbons (Fsp3) is 0.800. The lowest BCUT2D eigenvalue weighted by Gasteiger charge is -2.18. The monoisotopic (exact) mass is 318 g/mol. The molecule has 0 spiro atoms. The molecule has 0 aromatic carbocycles. The van der Waals surface area contributed by atoms with E-state index in [4.69, 9.17) is 14.2 Å². The Hall–Kier alpha value is -0.640. The van der Waals surface area contributed by atoms with Gasteiger partial charge in [0.2, 0.25) is 0 Å². The van der Waals surface area contributed by atoms with Crippen molar-refractivity contribution >= 4 is 0 Å². The minimum Gasteiger partial charge on any atom is -0.379 e. The van der Waals surface area contributed by atoms with Gasteiger partial charge < -0.3 is 14.2 Å². The average Bonchev–Trinajstić information content (AvgIpc) is 3.33. The number of allylic oxidation sites excluding steroid dienone is 4. The van der Waals surface area contributed by atoms with E-state index >= 15 is 0 Å². The summed E-state index contributed by atoms with van der Waals surface area (Å²) in [5, 5.41) is 0. The zero-order valence-corrected chi connectivity index (χ0v) is 14.1. The second-order valence-electron chi connectivity index (χ2n) is 7.84. The summed E-state index contributed by atoms with van der Waals surface area (Å²) < 4.78 is 17.2. The van der Waals surface area contributed by atoms with E-state index in [-0.39, 0.29) is 0 Å². The van der Waals surface area contributed by atoms with Crippen LogP contribution in [-0.4, -0.2) is 39.6 Å². The van der Waals surface area contributed by atoms with Crippen LogP contribution in [0.4, 0.5) is 0 Å². The lowest BCUT2D eigenvalue weighted by atomic mass is 9.95. The molecule has 0 radical (unpaired) electrons. The molecule has 6 atom stereocenters. The van der Waals surface area contributed by atoms with Crippen molar-refractivity contribution in [3.63, 3.8) is 0 Å². The molecule has 3 nitrogen and oxygen atoms in total. The van der Waals surface area contributed by atoms with Crippen molar-refractivity contribution < 1.29 is 14.2 Å². The molecule has 0 N–H and O–H groups in total. The molecule has 0 aromatic rings. The largest absolute Gasteiger partial charge is 0.379 e. The molecular weight excluding hydrogens is 288 g/mol. The van der Waals surface area contributed by atoms with E-state index in [0.717, 1.165) is 61.9 Å². The number of ether oxygens (including phenoxy) is 3. The summed E-state index contributed by atoms with van der Waals surface area (Å²) in [4.78, 5) is 0. The summed E-state index contributed by atoms with van der Waals surface area (Å²) in [6, 6.07) is 0. The van der Waals surface area contributed by atoms with Gasteiger partial charge in [0.25, 0.3) is 0 Å². The third-order valence-electron chi connectivity index (χ3n) is 6.24. The SMILES string of the molecule is C1=CC2CC1CC2COCCOCCOCC1CC2C=CC1C2. The number of hydrogen-bond donors (Lipinski definition) is 0. The van der Waals surface area contributed by atoms with Gasteiger partial charge in [0.05, 0.1) is 39.6 Å². The molecule has 3 heteroatoms. The highest BCUT2D eigenvalue weighted by Crippen LogP contribution is 2.44. The third kappa shape index (κ3) is 3.89. The Bertz CT molecular complexity index is 404. The van der Waals surface area contributed by atoms with E-state index in [1.54, 1.807) is 0 Å². The maximum absolute atomic E-state index is 5.78. The second kappa shape index (κ2) is 7.50. The molecule has 0 heterocycles. The molecule has 6 unspecified atom stereocenters. The molecule has 4 aliphatic rings. The molecule has 4 aliphatic carbocycles. The van der Waals surface area contributed by atoms with Crippen LogP contribution in [0.3, 0.4) is 0 Å². The number of fused-ring (bicyclic) bond motifs is 4. The molecule has 0 aliphatic heterocycles. The molecule has 2 saturated carbocycles. The van der Waals surface area contributed by atoms with E-state index in [2.05, 4.69) is 24.3 Å². The first kappa shape index (κ1) is 15.9. The lowest BCUT2D eigenvalue weighted by molar-refractivity contribution is -0.00167. The van der Waals surface area contributed by atoms with Crippen molar-refractivity contribution in [1.29, 1.82) is 0 Å². The Labute approximate surface area is 140 Å². The summed E-state index contributed by atoms with van der Waals surface area (Å²) in [6.45, 7) is 4.63. The summed E-state index contributed by atoms with van der Waals surface area (Å²) in [7, 11) is 0. The number of hydrogen-bond acceptors (Lipinski definition) is 3. The van der Waals surface area contributed by atoms with Gasteiger partial charge >= 0.3 is 0 Å². The van der Waals surface area contributed by atoms with E-state index in [0.29, 0.717) is 13.2 Å². The van der Waals surface area contributed by atoms with Crippen LogP contribution in [0, 0.1) is 35.5 Å². The van der Waals surface area contributed by atoms with Crippen molar-refractivity contribution in [1.82, 2.24) is 0 Å². The van der Waals surface area contributed by atoms with Crippen LogP contribution in [0.25, 0.3) is 0 Å². The topological polar surface area (TPSA) is 27.7 Å². The molecule has 4 rings (SSSR count). The zero-order chi connectivity index (χ0) is 15.5. The molecule has 23 heavy (non-hydrogen) atoms. The van der Waals surface area contributed by atoms with Gasteiger partial charge in [-0.15, -0.1) is 0 Å². The summed E-state index contributed by atoms with van der Waals surface area (Å²) in [6.07, 6.45) is 14.9. The highest BCUT2D eigenvalue weighted by Gasteiger charge is 2.36. The predicted octanol–water partition coefficient (Wildman–Crippen LogP) is 3.46.